The number of halogens is 3. The zero-order chi connectivity index (χ0) is 17.9. The highest BCUT2D eigenvalue weighted by atomic mass is 19.4. The number of amides is 2. The molecule has 2 rings (SSSR count). The molecule has 1 saturated heterocycles. The molecule has 0 saturated carbocycles. The highest BCUT2D eigenvalue weighted by Gasteiger charge is 2.35. The highest BCUT2D eigenvalue weighted by molar-refractivity contribution is 5.98. The predicted octanol–water partition coefficient (Wildman–Crippen LogP) is 2.60. The van der Waals surface area contributed by atoms with Crippen LogP contribution in [0.5, 0.6) is 5.75 Å². The zero-order valence-electron chi connectivity index (χ0n) is 13.5. The minimum absolute atomic E-state index is 0.194. The van der Waals surface area contributed by atoms with E-state index < -0.39 is 24.9 Å². The van der Waals surface area contributed by atoms with E-state index >= 15 is 0 Å². The maximum atomic E-state index is 12.4. The summed E-state index contributed by atoms with van der Waals surface area (Å²) in [6.07, 6.45) is -6.19. The second-order valence-corrected chi connectivity index (χ2v) is 5.70. The maximum Gasteiger partial charge on any atom is 0.389 e. The molecule has 0 radical (unpaired) electrons. The Kier molecular flexibility index (Phi) is 5.36. The van der Waals surface area contributed by atoms with Crippen LogP contribution in [0.4, 0.5) is 18.9 Å². The fourth-order valence-electron chi connectivity index (χ4n) is 2.71. The molecule has 0 bridgehead atoms. The van der Waals surface area contributed by atoms with Gasteiger partial charge in [-0.05, 0) is 19.1 Å². The summed E-state index contributed by atoms with van der Waals surface area (Å²) in [4.78, 5) is 27.0. The Morgan fingerprint density at radius 1 is 1.38 bits per heavy atom. The number of ether oxygens (including phenoxy) is 1. The molecule has 0 aliphatic carbocycles. The molecule has 1 aromatic carbocycles. The Morgan fingerprint density at radius 3 is 2.67 bits per heavy atom. The second-order valence-electron chi connectivity index (χ2n) is 5.70. The maximum absolute atomic E-state index is 12.4. The first-order chi connectivity index (χ1) is 11.2. The topological polar surface area (TPSA) is 49.9 Å². The van der Waals surface area contributed by atoms with Crippen LogP contribution in [0.15, 0.2) is 24.3 Å². The zero-order valence-corrected chi connectivity index (χ0v) is 13.5. The summed E-state index contributed by atoms with van der Waals surface area (Å²) in [6.45, 7) is 1.72. The van der Waals surface area contributed by atoms with E-state index in [-0.39, 0.29) is 25.0 Å². The number of methoxy groups -OCH3 is 1. The number of hydrogen-bond donors (Lipinski definition) is 0. The molecular weight excluding hydrogens is 325 g/mol. The number of rotatable bonds is 4. The van der Waals surface area contributed by atoms with Crippen LogP contribution in [-0.4, -0.2) is 49.1 Å². The van der Waals surface area contributed by atoms with Gasteiger partial charge in [-0.25, -0.2) is 0 Å². The Hall–Kier alpha value is -2.25. The Balaban J connectivity index is 2.06. The SMILES string of the molecule is COc1cccc(N2C(=O)CN(C(=O)CCC(F)(F)F)CC2C)c1. The van der Waals surface area contributed by atoms with Crippen molar-refractivity contribution >= 4 is 17.5 Å². The van der Waals surface area contributed by atoms with E-state index in [1.54, 1.807) is 31.2 Å². The smallest absolute Gasteiger partial charge is 0.389 e. The molecule has 1 fully saturated rings. The van der Waals surface area contributed by atoms with Crippen LogP contribution in [0.25, 0.3) is 0 Å². The summed E-state index contributed by atoms with van der Waals surface area (Å²) in [5, 5.41) is 0. The lowest BCUT2D eigenvalue weighted by Gasteiger charge is -2.39. The van der Waals surface area contributed by atoms with E-state index in [4.69, 9.17) is 4.74 Å². The van der Waals surface area contributed by atoms with Gasteiger partial charge in [-0.1, -0.05) is 6.07 Å². The number of piperazine rings is 1. The predicted molar refractivity (Wildman–Crippen MR) is 81.8 cm³/mol. The van der Waals surface area contributed by atoms with Gasteiger partial charge in [0.2, 0.25) is 11.8 Å². The molecule has 0 N–H and O–H groups in total. The standard InChI is InChI=1S/C16H19F3N2O3/c1-11-9-20(14(22)6-7-16(17,18)19)10-15(23)21(11)12-4-3-5-13(8-12)24-2/h3-5,8,11H,6-7,9-10H2,1-2H3. The van der Waals surface area contributed by atoms with E-state index in [0.717, 1.165) is 0 Å². The van der Waals surface area contributed by atoms with Gasteiger partial charge in [0.15, 0.2) is 0 Å². The molecule has 0 aromatic heterocycles. The second kappa shape index (κ2) is 7.11. The van der Waals surface area contributed by atoms with Gasteiger partial charge in [0.25, 0.3) is 0 Å². The number of carbonyl (C=O) groups excluding carboxylic acids is 2. The quantitative estimate of drug-likeness (QED) is 0.844. The van der Waals surface area contributed by atoms with Crippen LogP contribution in [0, 0.1) is 0 Å². The van der Waals surface area contributed by atoms with Crippen LogP contribution >= 0.6 is 0 Å². The van der Waals surface area contributed by atoms with Gasteiger partial charge in [0, 0.05) is 24.7 Å². The Bertz CT molecular complexity index is 619. The first-order valence-electron chi connectivity index (χ1n) is 7.52. The van der Waals surface area contributed by atoms with Crippen molar-refractivity contribution in [2.45, 2.75) is 32.0 Å². The van der Waals surface area contributed by atoms with Crippen molar-refractivity contribution in [3.63, 3.8) is 0 Å². The average molecular weight is 344 g/mol. The van der Waals surface area contributed by atoms with Gasteiger partial charge in [0.05, 0.1) is 19.6 Å². The van der Waals surface area contributed by atoms with Crippen molar-refractivity contribution in [2.24, 2.45) is 0 Å². The van der Waals surface area contributed by atoms with Crippen molar-refractivity contribution in [3.05, 3.63) is 24.3 Å². The largest absolute Gasteiger partial charge is 0.497 e. The number of hydrogen-bond acceptors (Lipinski definition) is 3. The molecule has 132 valence electrons. The number of nitrogens with zero attached hydrogens (tertiary/aromatic N) is 2. The fraction of sp³-hybridized carbons (Fsp3) is 0.500. The molecule has 5 nitrogen and oxygen atoms in total. The van der Waals surface area contributed by atoms with Gasteiger partial charge >= 0.3 is 6.18 Å². The van der Waals surface area contributed by atoms with Crippen LogP contribution in [-0.2, 0) is 9.59 Å². The molecule has 8 heteroatoms. The van der Waals surface area contributed by atoms with Crippen LogP contribution in [0.2, 0.25) is 0 Å². The number of benzene rings is 1. The minimum atomic E-state index is -4.38. The number of anilines is 1. The van der Waals surface area contributed by atoms with Crippen molar-refractivity contribution in [2.75, 3.05) is 25.1 Å². The van der Waals surface area contributed by atoms with Gasteiger partial charge in [0.1, 0.15) is 12.3 Å². The summed E-state index contributed by atoms with van der Waals surface area (Å²) in [7, 11) is 1.52. The van der Waals surface area contributed by atoms with Crippen molar-refractivity contribution < 1.29 is 27.5 Å². The van der Waals surface area contributed by atoms with E-state index in [1.165, 1.54) is 16.9 Å². The molecule has 1 aliphatic rings. The lowest BCUT2D eigenvalue weighted by atomic mass is 10.1. The average Bonchev–Trinajstić information content (AvgIpc) is 2.51. The number of alkyl halides is 3. The lowest BCUT2D eigenvalue weighted by Crippen LogP contribution is -2.57. The van der Waals surface area contributed by atoms with E-state index in [0.29, 0.717) is 11.4 Å². The third kappa shape index (κ3) is 4.39. The third-order valence-electron chi connectivity index (χ3n) is 3.83. The summed E-state index contributed by atoms with van der Waals surface area (Å²) >= 11 is 0. The minimum Gasteiger partial charge on any atom is -0.497 e. The molecule has 2 amide bonds. The molecule has 1 atom stereocenters. The van der Waals surface area contributed by atoms with Crippen molar-refractivity contribution in [3.8, 4) is 5.75 Å². The van der Waals surface area contributed by atoms with E-state index in [1.807, 2.05) is 0 Å². The first kappa shape index (κ1) is 18.1. The Labute approximate surface area is 138 Å². The van der Waals surface area contributed by atoms with Gasteiger partial charge in [-0.2, -0.15) is 13.2 Å². The van der Waals surface area contributed by atoms with Gasteiger partial charge in [-0.15, -0.1) is 0 Å². The summed E-state index contributed by atoms with van der Waals surface area (Å²) in [5.74, 6) is -0.392. The lowest BCUT2D eigenvalue weighted by molar-refractivity contribution is -0.150. The summed E-state index contributed by atoms with van der Waals surface area (Å²) < 4.78 is 41.8. The van der Waals surface area contributed by atoms with Crippen LogP contribution < -0.4 is 9.64 Å². The van der Waals surface area contributed by atoms with Gasteiger partial charge < -0.3 is 14.5 Å². The molecule has 1 unspecified atom stereocenters. The fourth-order valence-corrected chi connectivity index (χ4v) is 2.71. The molecule has 1 heterocycles. The molecule has 1 aromatic rings. The van der Waals surface area contributed by atoms with Crippen LogP contribution in [0.3, 0.4) is 0 Å². The number of carbonyl (C=O) groups is 2. The van der Waals surface area contributed by atoms with E-state index in [2.05, 4.69) is 0 Å². The van der Waals surface area contributed by atoms with Crippen molar-refractivity contribution in [1.29, 1.82) is 0 Å². The highest BCUT2D eigenvalue weighted by Crippen LogP contribution is 2.26. The molecule has 1 aliphatic heterocycles. The van der Waals surface area contributed by atoms with Crippen molar-refractivity contribution in [1.82, 2.24) is 4.90 Å². The summed E-state index contributed by atoms with van der Waals surface area (Å²) in [6, 6.07) is 6.60. The summed E-state index contributed by atoms with van der Waals surface area (Å²) in [5.41, 5.74) is 0.634. The Morgan fingerprint density at radius 2 is 2.08 bits per heavy atom. The normalized spacial score (nSPS) is 18.7. The third-order valence-corrected chi connectivity index (χ3v) is 3.83. The first-order valence-corrected chi connectivity index (χ1v) is 7.52. The molecule has 0 spiro atoms. The molecule has 24 heavy (non-hydrogen) atoms. The monoisotopic (exact) mass is 344 g/mol. The van der Waals surface area contributed by atoms with E-state index in [9.17, 15) is 22.8 Å². The molecular formula is C16H19F3N2O3. The van der Waals surface area contributed by atoms with Crippen LogP contribution in [0.1, 0.15) is 19.8 Å². The van der Waals surface area contributed by atoms with Gasteiger partial charge in [-0.3, -0.25) is 9.59 Å².